The Labute approximate surface area is 104 Å². The predicted octanol–water partition coefficient (Wildman–Crippen LogP) is 1.40. The Hall–Kier alpha value is -1.13. The smallest absolute Gasteiger partial charge is 0.133 e. The highest BCUT2D eigenvalue weighted by Crippen LogP contribution is 2.17. The minimum Gasteiger partial charge on any atom is -0.394 e. The van der Waals surface area contributed by atoms with E-state index in [2.05, 4.69) is 23.3 Å². The number of anilines is 1. The van der Waals surface area contributed by atoms with E-state index in [9.17, 15) is 5.11 Å². The molecule has 2 N–H and O–H groups in total. The molecule has 0 bridgehead atoms. The molecule has 0 amide bonds. The Morgan fingerprint density at radius 1 is 1.53 bits per heavy atom. The molecular weight excluding hydrogens is 214 g/mol. The van der Waals surface area contributed by atoms with E-state index >= 15 is 0 Å². The molecule has 0 aliphatic carbocycles. The van der Waals surface area contributed by atoms with Crippen molar-refractivity contribution in [1.82, 2.24) is 10.3 Å². The molecule has 4 nitrogen and oxygen atoms in total. The number of hydrogen-bond acceptors (Lipinski definition) is 4. The quantitative estimate of drug-likeness (QED) is 0.704. The summed E-state index contributed by atoms with van der Waals surface area (Å²) in [5.74, 6) is 0.942. The molecule has 0 aliphatic rings. The minimum absolute atomic E-state index is 0.0785. The van der Waals surface area contributed by atoms with E-state index in [0.29, 0.717) is 0 Å². The first kappa shape index (κ1) is 13.9. The average molecular weight is 237 g/mol. The summed E-state index contributed by atoms with van der Waals surface area (Å²) >= 11 is 0. The monoisotopic (exact) mass is 237 g/mol. The number of aliphatic hydroxyl groups excluding tert-OH is 1. The van der Waals surface area contributed by atoms with Gasteiger partial charge in [-0.15, -0.1) is 0 Å². The van der Waals surface area contributed by atoms with Crippen LogP contribution in [0.2, 0.25) is 0 Å². The fourth-order valence-corrected chi connectivity index (χ4v) is 1.62. The largest absolute Gasteiger partial charge is 0.394 e. The van der Waals surface area contributed by atoms with Crippen molar-refractivity contribution in [2.24, 2.45) is 0 Å². The Kier molecular flexibility index (Phi) is 5.94. The first-order valence-electron chi connectivity index (χ1n) is 6.19. The van der Waals surface area contributed by atoms with Crippen LogP contribution in [0.4, 0.5) is 5.82 Å². The summed E-state index contributed by atoms with van der Waals surface area (Å²) in [5.41, 5.74) is 1.17. The van der Waals surface area contributed by atoms with Crippen molar-refractivity contribution in [3.05, 3.63) is 23.9 Å². The van der Waals surface area contributed by atoms with Crippen LogP contribution in [-0.4, -0.2) is 36.3 Å². The summed E-state index contributed by atoms with van der Waals surface area (Å²) in [7, 11) is 1.96. The molecule has 0 aromatic carbocycles. The Bertz CT molecular complexity index is 330. The van der Waals surface area contributed by atoms with Crippen molar-refractivity contribution in [2.75, 3.05) is 25.1 Å². The van der Waals surface area contributed by atoms with Gasteiger partial charge in [-0.05, 0) is 26.0 Å². The van der Waals surface area contributed by atoms with Crippen molar-refractivity contribution in [3.8, 4) is 0 Å². The van der Waals surface area contributed by atoms with E-state index in [1.54, 1.807) is 6.20 Å². The zero-order valence-electron chi connectivity index (χ0n) is 11.0. The standard InChI is InChI=1S/C13H23N3O/c1-4-7-14-9-12-6-5-8-15-13(12)16(3)11(2)10-17/h5-6,8,11,14,17H,4,7,9-10H2,1-3H3. The van der Waals surface area contributed by atoms with Crippen LogP contribution in [0.15, 0.2) is 18.3 Å². The van der Waals surface area contributed by atoms with Crippen LogP contribution < -0.4 is 10.2 Å². The van der Waals surface area contributed by atoms with Crippen molar-refractivity contribution in [3.63, 3.8) is 0 Å². The summed E-state index contributed by atoms with van der Waals surface area (Å²) < 4.78 is 0. The van der Waals surface area contributed by atoms with Crippen LogP contribution >= 0.6 is 0 Å². The zero-order chi connectivity index (χ0) is 12.7. The highest BCUT2D eigenvalue weighted by molar-refractivity contribution is 5.46. The summed E-state index contributed by atoms with van der Waals surface area (Å²) in [6, 6.07) is 4.10. The zero-order valence-corrected chi connectivity index (χ0v) is 11.0. The van der Waals surface area contributed by atoms with E-state index in [4.69, 9.17) is 0 Å². The Balaban J connectivity index is 2.76. The number of hydrogen-bond donors (Lipinski definition) is 2. The molecular formula is C13H23N3O. The molecule has 17 heavy (non-hydrogen) atoms. The molecule has 0 radical (unpaired) electrons. The van der Waals surface area contributed by atoms with E-state index in [0.717, 1.165) is 25.3 Å². The lowest BCUT2D eigenvalue weighted by Crippen LogP contribution is -2.33. The second-order valence-electron chi connectivity index (χ2n) is 4.31. The molecule has 0 saturated heterocycles. The van der Waals surface area contributed by atoms with Crippen LogP contribution in [0, 0.1) is 0 Å². The van der Waals surface area contributed by atoms with Crippen molar-refractivity contribution >= 4 is 5.82 Å². The van der Waals surface area contributed by atoms with E-state index in [-0.39, 0.29) is 12.6 Å². The maximum absolute atomic E-state index is 9.19. The molecule has 0 fully saturated rings. The maximum atomic E-state index is 9.19. The van der Waals surface area contributed by atoms with Crippen molar-refractivity contribution in [2.45, 2.75) is 32.9 Å². The third-order valence-electron chi connectivity index (χ3n) is 2.87. The van der Waals surface area contributed by atoms with Crippen LogP contribution in [0.25, 0.3) is 0 Å². The Morgan fingerprint density at radius 2 is 2.29 bits per heavy atom. The normalized spacial score (nSPS) is 12.5. The van der Waals surface area contributed by atoms with E-state index in [1.165, 1.54) is 5.56 Å². The summed E-state index contributed by atoms with van der Waals surface area (Å²) in [6.45, 7) is 6.09. The lowest BCUT2D eigenvalue weighted by molar-refractivity contribution is 0.269. The van der Waals surface area contributed by atoms with Gasteiger partial charge in [-0.1, -0.05) is 13.0 Å². The number of pyridine rings is 1. The summed E-state index contributed by atoms with van der Waals surface area (Å²) in [6.07, 6.45) is 2.91. The number of rotatable bonds is 7. The van der Waals surface area contributed by atoms with Gasteiger partial charge in [-0.3, -0.25) is 0 Å². The highest BCUT2D eigenvalue weighted by Gasteiger charge is 2.13. The molecule has 1 atom stereocenters. The number of likely N-dealkylation sites (N-methyl/N-ethyl adjacent to an activating group) is 1. The molecule has 96 valence electrons. The van der Waals surface area contributed by atoms with Crippen LogP contribution in [0.1, 0.15) is 25.8 Å². The highest BCUT2D eigenvalue weighted by atomic mass is 16.3. The second-order valence-corrected chi connectivity index (χ2v) is 4.31. The molecule has 0 aliphatic heterocycles. The number of aromatic nitrogens is 1. The molecule has 1 aromatic rings. The van der Waals surface area contributed by atoms with Crippen LogP contribution in [0.3, 0.4) is 0 Å². The van der Waals surface area contributed by atoms with Crippen LogP contribution in [-0.2, 0) is 6.54 Å². The molecule has 1 unspecified atom stereocenters. The predicted molar refractivity (Wildman–Crippen MR) is 71.2 cm³/mol. The maximum Gasteiger partial charge on any atom is 0.133 e. The lowest BCUT2D eigenvalue weighted by atomic mass is 10.2. The van der Waals surface area contributed by atoms with Gasteiger partial charge in [0, 0.05) is 25.4 Å². The minimum atomic E-state index is 0.0785. The van der Waals surface area contributed by atoms with Gasteiger partial charge in [0.2, 0.25) is 0 Å². The fraction of sp³-hybridized carbons (Fsp3) is 0.615. The molecule has 1 rings (SSSR count). The van der Waals surface area contributed by atoms with Crippen molar-refractivity contribution < 1.29 is 5.11 Å². The van der Waals surface area contributed by atoms with Gasteiger partial charge in [0.15, 0.2) is 0 Å². The van der Waals surface area contributed by atoms with Gasteiger partial charge in [0.1, 0.15) is 5.82 Å². The summed E-state index contributed by atoms with van der Waals surface area (Å²) in [5, 5.41) is 12.6. The van der Waals surface area contributed by atoms with E-state index in [1.807, 2.05) is 24.9 Å². The molecule has 0 spiro atoms. The van der Waals surface area contributed by atoms with Gasteiger partial charge >= 0.3 is 0 Å². The molecule has 1 aromatic heterocycles. The van der Waals surface area contributed by atoms with E-state index < -0.39 is 0 Å². The van der Waals surface area contributed by atoms with Crippen molar-refractivity contribution in [1.29, 1.82) is 0 Å². The number of aliphatic hydroxyl groups is 1. The number of nitrogens with one attached hydrogen (secondary N) is 1. The Morgan fingerprint density at radius 3 is 2.94 bits per heavy atom. The molecule has 1 heterocycles. The lowest BCUT2D eigenvalue weighted by Gasteiger charge is -2.26. The van der Waals surface area contributed by atoms with Gasteiger partial charge in [0.25, 0.3) is 0 Å². The SMILES string of the molecule is CCCNCc1cccnc1N(C)C(C)CO. The topological polar surface area (TPSA) is 48.4 Å². The fourth-order valence-electron chi connectivity index (χ4n) is 1.62. The van der Waals surface area contributed by atoms with Crippen LogP contribution in [0.5, 0.6) is 0 Å². The first-order chi connectivity index (χ1) is 8.20. The van der Waals surface area contributed by atoms with Gasteiger partial charge in [-0.25, -0.2) is 4.98 Å². The first-order valence-corrected chi connectivity index (χ1v) is 6.19. The molecule has 0 saturated carbocycles. The van der Waals surface area contributed by atoms with Gasteiger partial charge in [-0.2, -0.15) is 0 Å². The van der Waals surface area contributed by atoms with Gasteiger partial charge < -0.3 is 15.3 Å². The average Bonchev–Trinajstić information content (AvgIpc) is 2.38. The molecule has 4 heteroatoms. The summed E-state index contributed by atoms with van der Waals surface area (Å²) in [4.78, 5) is 6.42. The third-order valence-corrected chi connectivity index (χ3v) is 2.87. The second kappa shape index (κ2) is 7.25. The third kappa shape index (κ3) is 3.98. The van der Waals surface area contributed by atoms with Gasteiger partial charge in [0.05, 0.1) is 12.6 Å². The number of nitrogens with zero attached hydrogens (tertiary/aromatic N) is 2.